The molecule has 0 aromatic heterocycles. The third kappa shape index (κ3) is 4.66. The zero-order valence-corrected chi connectivity index (χ0v) is 21.5. The van der Waals surface area contributed by atoms with Gasteiger partial charge in [-0.3, -0.25) is 9.59 Å². The van der Waals surface area contributed by atoms with Gasteiger partial charge in [0.15, 0.2) is 0 Å². The van der Waals surface area contributed by atoms with Gasteiger partial charge in [-0.05, 0) is 84.3 Å². The van der Waals surface area contributed by atoms with Crippen LogP contribution >= 0.6 is 0 Å². The Hall–Kier alpha value is -2.44. The van der Waals surface area contributed by atoms with Crippen LogP contribution in [-0.2, 0) is 22.6 Å². The lowest BCUT2D eigenvalue weighted by Gasteiger charge is -2.50. The number of ketones is 1. The molecule has 5 rings (SSSR count). The molecule has 0 spiro atoms. The lowest BCUT2D eigenvalue weighted by atomic mass is 9.53. The van der Waals surface area contributed by atoms with Crippen molar-refractivity contribution in [1.29, 1.82) is 0 Å². The Morgan fingerprint density at radius 1 is 1.14 bits per heavy atom. The van der Waals surface area contributed by atoms with Crippen LogP contribution in [0, 0.1) is 23.2 Å². The normalized spacial score (nSPS) is 28.7. The van der Waals surface area contributed by atoms with Crippen LogP contribution in [0.2, 0.25) is 0 Å². The van der Waals surface area contributed by atoms with E-state index in [0.29, 0.717) is 54.3 Å². The van der Waals surface area contributed by atoms with Crippen molar-refractivity contribution in [1.82, 2.24) is 4.90 Å². The Bertz CT molecular complexity index is 1120. The number of hydrogen-bond donors (Lipinski definition) is 2. The molecule has 2 aromatic rings. The summed E-state index contributed by atoms with van der Waals surface area (Å²) in [4.78, 5) is 27.9. The molecule has 2 aromatic carbocycles. The van der Waals surface area contributed by atoms with Crippen LogP contribution in [0.5, 0.6) is 0 Å². The molecule has 2 N–H and O–H groups in total. The first-order valence-corrected chi connectivity index (χ1v) is 13.6. The van der Waals surface area contributed by atoms with Gasteiger partial charge in [-0.25, -0.2) is 0 Å². The second-order valence-corrected chi connectivity index (χ2v) is 11.6. The molecule has 6 heteroatoms. The van der Waals surface area contributed by atoms with E-state index < -0.39 is 7.12 Å². The number of amides is 1. The Labute approximate surface area is 215 Å². The molecule has 190 valence electrons. The predicted molar refractivity (Wildman–Crippen MR) is 142 cm³/mol. The fourth-order valence-electron chi connectivity index (χ4n) is 7.74. The smallest absolute Gasteiger partial charge is 0.423 e. The van der Waals surface area contributed by atoms with Crippen LogP contribution in [0.25, 0.3) is 0 Å². The molecule has 0 unspecified atom stereocenters. The standard InChI is InChI=1S/C30H38BNO4/c1-30-16-15-25-24-14-12-23(31(35)36)17-21(24)11-13-26(25)29(30)22(18-27(30)33)9-6-10-28(34)32(2)19-20-7-4-3-5-8-20/h3-5,7-8,12,14,17,22,25-26,29,35-36H,6,9-11,13,15-16,18-19H2,1-2H3/t22-,25+,26+,29-,30+/m0/s1. The lowest BCUT2D eigenvalue weighted by Crippen LogP contribution is -2.44. The molecule has 3 aliphatic rings. The van der Waals surface area contributed by atoms with E-state index in [9.17, 15) is 19.6 Å². The summed E-state index contributed by atoms with van der Waals surface area (Å²) in [5.41, 5.74) is 4.03. The summed E-state index contributed by atoms with van der Waals surface area (Å²) in [7, 11) is 0.437. The minimum atomic E-state index is -1.44. The van der Waals surface area contributed by atoms with Gasteiger partial charge in [0.25, 0.3) is 0 Å². The molecule has 36 heavy (non-hydrogen) atoms. The highest BCUT2D eigenvalue weighted by Crippen LogP contribution is 2.62. The fourth-order valence-corrected chi connectivity index (χ4v) is 7.74. The average molecular weight is 487 g/mol. The topological polar surface area (TPSA) is 77.8 Å². The van der Waals surface area contributed by atoms with Crippen LogP contribution < -0.4 is 5.46 Å². The number of Topliss-reactive ketones (excluding diaryl/α,β-unsaturated/α-hetero) is 1. The highest BCUT2D eigenvalue weighted by molar-refractivity contribution is 6.58. The molecule has 1 amide bonds. The summed E-state index contributed by atoms with van der Waals surface area (Å²) < 4.78 is 0. The largest absolute Gasteiger partial charge is 0.488 e. The highest BCUT2D eigenvalue weighted by Gasteiger charge is 2.58. The van der Waals surface area contributed by atoms with E-state index in [-0.39, 0.29) is 11.3 Å². The van der Waals surface area contributed by atoms with Gasteiger partial charge in [0.1, 0.15) is 5.78 Å². The van der Waals surface area contributed by atoms with E-state index in [2.05, 4.69) is 13.0 Å². The van der Waals surface area contributed by atoms with Crippen molar-refractivity contribution in [3.05, 3.63) is 65.2 Å². The molecule has 2 saturated carbocycles. The molecule has 0 saturated heterocycles. The zero-order valence-electron chi connectivity index (χ0n) is 21.5. The number of fused-ring (bicyclic) bond motifs is 5. The zero-order chi connectivity index (χ0) is 25.4. The van der Waals surface area contributed by atoms with E-state index in [1.54, 1.807) is 0 Å². The first-order valence-electron chi connectivity index (χ1n) is 13.6. The van der Waals surface area contributed by atoms with Gasteiger partial charge < -0.3 is 14.9 Å². The van der Waals surface area contributed by atoms with Crippen molar-refractivity contribution in [2.75, 3.05) is 7.05 Å². The number of benzene rings is 2. The van der Waals surface area contributed by atoms with E-state index in [1.165, 1.54) is 11.1 Å². The van der Waals surface area contributed by atoms with E-state index in [1.807, 2.05) is 54.4 Å². The second-order valence-electron chi connectivity index (χ2n) is 11.6. The van der Waals surface area contributed by atoms with Crippen LogP contribution in [-0.4, -0.2) is 40.8 Å². The van der Waals surface area contributed by atoms with Crippen molar-refractivity contribution in [3.8, 4) is 0 Å². The number of carbonyl (C=O) groups excluding carboxylic acids is 2. The number of hydrogen-bond acceptors (Lipinski definition) is 4. The number of carbonyl (C=O) groups is 2. The minimum Gasteiger partial charge on any atom is -0.423 e. The second kappa shape index (κ2) is 10.1. The van der Waals surface area contributed by atoms with Crippen molar-refractivity contribution in [2.24, 2.45) is 23.2 Å². The number of aryl methyl sites for hydroxylation is 1. The van der Waals surface area contributed by atoms with Crippen LogP contribution in [0.1, 0.15) is 74.5 Å². The predicted octanol–water partition coefficient (Wildman–Crippen LogP) is 3.85. The van der Waals surface area contributed by atoms with Gasteiger partial charge in [-0.2, -0.15) is 0 Å². The van der Waals surface area contributed by atoms with E-state index in [4.69, 9.17) is 0 Å². The van der Waals surface area contributed by atoms with Crippen LogP contribution in [0.4, 0.5) is 0 Å². The third-order valence-corrected chi connectivity index (χ3v) is 9.55. The summed E-state index contributed by atoms with van der Waals surface area (Å²) in [6.45, 7) is 2.83. The van der Waals surface area contributed by atoms with Gasteiger partial charge in [0.2, 0.25) is 5.91 Å². The maximum absolute atomic E-state index is 13.3. The molecular weight excluding hydrogens is 449 g/mol. The van der Waals surface area contributed by atoms with E-state index in [0.717, 1.165) is 44.1 Å². The van der Waals surface area contributed by atoms with E-state index >= 15 is 0 Å². The maximum Gasteiger partial charge on any atom is 0.488 e. The Morgan fingerprint density at radius 3 is 2.67 bits per heavy atom. The molecule has 5 nitrogen and oxygen atoms in total. The molecule has 2 fully saturated rings. The molecule has 5 atom stereocenters. The van der Waals surface area contributed by atoms with Gasteiger partial charge in [-0.1, -0.05) is 55.5 Å². The Kier molecular flexibility index (Phi) is 7.11. The van der Waals surface area contributed by atoms with Gasteiger partial charge in [0.05, 0.1) is 0 Å². The van der Waals surface area contributed by atoms with Crippen molar-refractivity contribution in [2.45, 2.75) is 70.8 Å². The highest BCUT2D eigenvalue weighted by atomic mass is 16.4. The van der Waals surface area contributed by atoms with Gasteiger partial charge in [-0.15, -0.1) is 0 Å². The molecular formula is C30H38BNO4. The van der Waals surface area contributed by atoms with Crippen LogP contribution in [0.15, 0.2) is 48.5 Å². The summed E-state index contributed by atoms with van der Waals surface area (Å²) in [6, 6.07) is 16.0. The Balaban J connectivity index is 1.25. The summed E-state index contributed by atoms with van der Waals surface area (Å²) >= 11 is 0. The third-order valence-electron chi connectivity index (χ3n) is 9.55. The lowest BCUT2D eigenvalue weighted by molar-refractivity contribution is -0.131. The number of rotatable bonds is 7. The first kappa shape index (κ1) is 25.2. The van der Waals surface area contributed by atoms with Crippen LogP contribution in [0.3, 0.4) is 0 Å². The summed E-state index contributed by atoms with van der Waals surface area (Å²) in [5, 5.41) is 19.2. The number of nitrogens with zero attached hydrogens (tertiary/aromatic N) is 1. The molecule has 0 bridgehead atoms. The fraction of sp³-hybridized carbons (Fsp3) is 0.533. The summed E-state index contributed by atoms with van der Waals surface area (Å²) in [5.74, 6) is 2.23. The van der Waals surface area contributed by atoms with Gasteiger partial charge in [0, 0.05) is 31.8 Å². The minimum absolute atomic E-state index is 0.168. The Morgan fingerprint density at radius 2 is 1.92 bits per heavy atom. The SMILES string of the molecule is CN(Cc1ccccc1)C(=O)CCC[C@H]1CC(=O)[C@@]2(C)CC[C@@H]3c4ccc(B(O)O)cc4CC[C@H]3[C@H]12. The monoisotopic (exact) mass is 487 g/mol. The van der Waals surface area contributed by atoms with Crippen molar-refractivity contribution >= 4 is 24.3 Å². The maximum atomic E-state index is 13.3. The average Bonchev–Trinajstić information content (AvgIpc) is 3.13. The first-order chi connectivity index (χ1) is 17.3. The van der Waals surface area contributed by atoms with Crippen molar-refractivity contribution in [3.63, 3.8) is 0 Å². The molecule has 0 heterocycles. The molecule has 0 aliphatic heterocycles. The molecule has 3 aliphatic carbocycles. The summed E-state index contributed by atoms with van der Waals surface area (Å²) in [6.07, 6.45) is 6.86. The molecule has 0 radical (unpaired) electrons. The van der Waals surface area contributed by atoms with Crippen molar-refractivity contribution < 1.29 is 19.6 Å². The van der Waals surface area contributed by atoms with Gasteiger partial charge >= 0.3 is 7.12 Å². The quantitative estimate of drug-likeness (QED) is 0.582.